The van der Waals surface area contributed by atoms with Gasteiger partial charge < -0.3 is 14.6 Å². The number of pyridine rings is 1. The summed E-state index contributed by atoms with van der Waals surface area (Å²) in [6.07, 6.45) is 2.60. The van der Waals surface area contributed by atoms with Crippen molar-refractivity contribution in [2.24, 2.45) is 0 Å². The lowest BCUT2D eigenvalue weighted by Crippen LogP contribution is -2.37. The third-order valence-electron chi connectivity index (χ3n) is 5.96. The van der Waals surface area contributed by atoms with Gasteiger partial charge in [0.15, 0.2) is 5.82 Å². The Morgan fingerprint density at radius 1 is 1.09 bits per heavy atom. The number of methoxy groups -OCH3 is 1. The van der Waals surface area contributed by atoms with Crippen LogP contribution in [0, 0.1) is 6.92 Å². The van der Waals surface area contributed by atoms with E-state index in [1.165, 1.54) is 5.56 Å². The van der Waals surface area contributed by atoms with Crippen LogP contribution in [0.2, 0.25) is 0 Å². The molecule has 1 aliphatic rings. The first-order valence-electron chi connectivity index (χ1n) is 11.2. The van der Waals surface area contributed by atoms with Crippen LogP contribution in [0.3, 0.4) is 0 Å². The number of aromatic nitrogens is 3. The lowest BCUT2D eigenvalue weighted by molar-refractivity contribution is -0.130. The molecule has 1 amide bonds. The first-order chi connectivity index (χ1) is 16.0. The molecule has 1 fully saturated rings. The number of aryl methyl sites for hydroxylation is 1. The highest BCUT2D eigenvalue weighted by molar-refractivity contribution is 5.79. The van der Waals surface area contributed by atoms with Gasteiger partial charge in [-0.25, -0.2) is 4.98 Å². The normalized spacial score (nSPS) is 14.7. The number of nitrogens with one attached hydrogen (secondary N) is 1. The number of H-pyrrole nitrogens is 1. The zero-order valence-electron chi connectivity index (χ0n) is 19.1. The summed E-state index contributed by atoms with van der Waals surface area (Å²) >= 11 is 0. The smallest absolute Gasteiger partial charge is 0.255 e. The van der Waals surface area contributed by atoms with Crippen LogP contribution in [0.4, 0.5) is 0 Å². The Kier molecular flexibility index (Phi) is 7.14. The summed E-state index contributed by atoms with van der Waals surface area (Å²) in [6.45, 7) is 5.66. The maximum Gasteiger partial charge on any atom is 0.255 e. The van der Waals surface area contributed by atoms with E-state index < -0.39 is 0 Å². The molecule has 1 aliphatic heterocycles. The average molecular weight is 448 g/mol. The van der Waals surface area contributed by atoms with Crippen LogP contribution >= 0.6 is 0 Å². The van der Waals surface area contributed by atoms with Crippen LogP contribution < -0.4 is 10.3 Å². The monoisotopic (exact) mass is 447 g/mol. The van der Waals surface area contributed by atoms with Crippen LogP contribution in [-0.2, 0) is 17.8 Å². The summed E-state index contributed by atoms with van der Waals surface area (Å²) < 4.78 is 5.22. The zero-order chi connectivity index (χ0) is 23.2. The van der Waals surface area contributed by atoms with Gasteiger partial charge in [0, 0.05) is 50.2 Å². The Morgan fingerprint density at radius 2 is 1.91 bits per heavy atom. The molecule has 0 aliphatic carbocycles. The Labute approximate surface area is 193 Å². The standard InChI is InChI=1S/C25H29N5O3/c1-18-21(25(32)28-24(27-18)22-6-3-4-11-26-22)16-23(31)30-13-5-12-29(14-15-30)17-19-7-9-20(33-2)10-8-19/h3-4,6-11H,5,12-17H2,1-2H3,(H,27,28,32). The first kappa shape index (κ1) is 22.7. The molecule has 33 heavy (non-hydrogen) atoms. The molecule has 2 aromatic heterocycles. The van der Waals surface area contributed by atoms with E-state index in [9.17, 15) is 9.59 Å². The van der Waals surface area contributed by atoms with E-state index in [0.29, 0.717) is 35.9 Å². The average Bonchev–Trinajstić information content (AvgIpc) is 3.08. The predicted octanol–water partition coefficient (Wildman–Crippen LogP) is 2.43. The van der Waals surface area contributed by atoms with Gasteiger partial charge in [-0.1, -0.05) is 18.2 Å². The van der Waals surface area contributed by atoms with Gasteiger partial charge in [0.05, 0.1) is 13.5 Å². The molecule has 8 heteroatoms. The van der Waals surface area contributed by atoms with Gasteiger partial charge in [0.2, 0.25) is 5.91 Å². The summed E-state index contributed by atoms with van der Waals surface area (Å²) in [5.74, 6) is 1.22. The maximum atomic E-state index is 13.0. The predicted molar refractivity (Wildman–Crippen MR) is 126 cm³/mol. The molecule has 1 aromatic carbocycles. The summed E-state index contributed by atoms with van der Waals surface area (Å²) in [4.78, 5) is 41.4. The number of amides is 1. The van der Waals surface area contributed by atoms with Gasteiger partial charge >= 0.3 is 0 Å². The molecule has 0 bridgehead atoms. The molecule has 4 rings (SSSR count). The number of benzene rings is 1. The molecule has 0 radical (unpaired) electrons. The second-order valence-electron chi connectivity index (χ2n) is 8.23. The van der Waals surface area contributed by atoms with Gasteiger partial charge in [-0.05, 0) is 43.2 Å². The van der Waals surface area contributed by atoms with E-state index in [0.717, 1.165) is 31.8 Å². The number of carbonyl (C=O) groups excluding carboxylic acids is 1. The van der Waals surface area contributed by atoms with Crippen molar-refractivity contribution < 1.29 is 9.53 Å². The number of rotatable bonds is 6. The third-order valence-corrected chi connectivity index (χ3v) is 5.96. The summed E-state index contributed by atoms with van der Waals surface area (Å²) in [6, 6.07) is 13.5. The molecular formula is C25H29N5O3. The minimum Gasteiger partial charge on any atom is -0.497 e. The second-order valence-corrected chi connectivity index (χ2v) is 8.23. The number of nitrogens with zero attached hydrogens (tertiary/aromatic N) is 4. The molecule has 0 spiro atoms. The van der Waals surface area contributed by atoms with Crippen LogP contribution in [-0.4, -0.2) is 63.9 Å². The number of carbonyl (C=O) groups is 1. The minimum atomic E-state index is -0.285. The Hall–Kier alpha value is -3.52. The molecule has 3 aromatic rings. The van der Waals surface area contributed by atoms with Crippen LogP contribution in [0.25, 0.3) is 11.5 Å². The number of hydrogen-bond acceptors (Lipinski definition) is 6. The fraction of sp³-hybridized carbons (Fsp3) is 0.360. The summed E-state index contributed by atoms with van der Waals surface area (Å²) in [5.41, 5.74) is 2.51. The zero-order valence-corrected chi connectivity index (χ0v) is 19.1. The fourth-order valence-electron chi connectivity index (χ4n) is 4.07. The van der Waals surface area contributed by atoms with Crippen molar-refractivity contribution in [1.29, 1.82) is 0 Å². The van der Waals surface area contributed by atoms with Crippen molar-refractivity contribution >= 4 is 5.91 Å². The van der Waals surface area contributed by atoms with Crippen molar-refractivity contribution in [1.82, 2.24) is 24.8 Å². The van der Waals surface area contributed by atoms with Crippen molar-refractivity contribution in [3.05, 3.63) is 75.8 Å². The van der Waals surface area contributed by atoms with E-state index in [1.807, 2.05) is 23.1 Å². The molecule has 0 atom stereocenters. The van der Waals surface area contributed by atoms with E-state index in [1.54, 1.807) is 32.4 Å². The Bertz CT molecular complexity index is 1140. The van der Waals surface area contributed by atoms with Gasteiger partial charge in [-0.2, -0.15) is 0 Å². The molecule has 1 saturated heterocycles. The Morgan fingerprint density at radius 3 is 2.61 bits per heavy atom. The van der Waals surface area contributed by atoms with Crippen molar-refractivity contribution in [2.75, 3.05) is 33.3 Å². The Balaban J connectivity index is 1.38. The van der Waals surface area contributed by atoms with E-state index in [-0.39, 0.29) is 17.9 Å². The molecule has 3 heterocycles. The van der Waals surface area contributed by atoms with Crippen molar-refractivity contribution in [3.63, 3.8) is 0 Å². The SMILES string of the molecule is COc1ccc(CN2CCCN(C(=O)Cc3c(C)nc(-c4ccccn4)[nH]c3=O)CC2)cc1. The van der Waals surface area contributed by atoms with E-state index in [2.05, 4.69) is 32.0 Å². The lowest BCUT2D eigenvalue weighted by Gasteiger charge is -2.22. The quantitative estimate of drug-likeness (QED) is 0.624. The highest BCUT2D eigenvalue weighted by atomic mass is 16.5. The molecule has 172 valence electrons. The van der Waals surface area contributed by atoms with E-state index >= 15 is 0 Å². The highest BCUT2D eigenvalue weighted by Crippen LogP contribution is 2.15. The molecular weight excluding hydrogens is 418 g/mol. The highest BCUT2D eigenvalue weighted by Gasteiger charge is 2.22. The van der Waals surface area contributed by atoms with Gasteiger partial charge in [0.1, 0.15) is 11.4 Å². The molecule has 0 saturated carbocycles. The lowest BCUT2D eigenvalue weighted by atomic mass is 10.1. The summed E-state index contributed by atoms with van der Waals surface area (Å²) in [5, 5.41) is 0. The molecule has 0 unspecified atom stereocenters. The second kappa shape index (κ2) is 10.4. The first-order valence-corrected chi connectivity index (χ1v) is 11.2. The molecule has 8 nitrogen and oxygen atoms in total. The van der Waals surface area contributed by atoms with Gasteiger partial charge in [-0.3, -0.25) is 19.5 Å². The third kappa shape index (κ3) is 5.64. The largest absolute Gasteiger partial charge is 0.497 e. The van der Waals surface area contributed by atoms with Gasteiger partial charge in [0.25, 0.3) is 5.56 Å². The summed E-state index contributed by atoms with van der Waals surface area (Å²) in [7, 11) is 1.66. The van der Waals surface area contributed by atoms with Crippen LogP contribution in [0.15, 0.2) is 53.5 Å². The van der Waals surface area contributed by atoms with Crippen molar-refractivity contribution in [3.8, 4) is 17.3 Å². The number of hydrogen-bond donors (Lipinski definition) is 1. The number of aromatic amines is 1. The topological polar surface area (TPSA) is 91.4 Å². The van der Waals surface area contributed by atoms with E-state index in [4.69, 9.17) is 4.74 Å². The van der Waals surface area contributed by atoms with Crippen molar-refractivity contribution in [2.45, 2.75) is 26.3 Å². The number of ether oxygens (including phenoxy) is 1. The van der Waals surface area contributed by atoms with Crippen LogP contribution in [0.1, 0.15) is 23.2 Å². The fourth-order valence-corrected chi connectivity index (χ4v) is 4.07. The minimum absolute atomic E-state index is 0.0396. The van der Waals surface area contributed by atoms with Crippen LogP contribution in [0.5, 0.6) is 5.75 Å². The molecule has 1 N–H and O–H groups in total. The van der Waals surface area contributed by atoms with Gasteiger partial charge in [-0.15, -0.1) is 0 Å². The maximum absolute atomic E-state index is 13.0.